The maximum absolute atomic E-state index is 12.6. The summed E-state index contributed by atoms with van der Waals surface area (Å²) < 4.78 is 7.35. The molecule has 0 spiro atoms. The summed E-state index contributed by atoms with van der Waals surface area (Å²) in [7, 11) is 0. The van der Waals surface area contributed by atoms with Gasteiger partial charge >= 0.3 is 0 Å². The quantitative estimate of drug-likeness (QED) is 0.546. The van der Waals surface area contributed by atoms with E-state index in [1.165, 1.54) is 15.9 Å². The van der Waals surface area contributed by atoms with Gasteiger partial charge in [0.25, 0.3) is 5.56 Å². The van der Waals surface area contributed by atoms with Crippen molar-refractivity contribution in [2.24, 2.45) is 4.99 Å². The van der Waals surface area contributed by atoms with Gasteiger partial charge in [0.05, 0.1) is 11.3 Å². The molecule has 5 rings (SSSR count). The second-order valence-electron chi connectivity index (χ2n) is 6.84. The molecule has 0 atom stereocenters. The fourth-order valence-electron chi connectivity index (χ4n) is 3.28. The molecule has 1 aliphatic rings. The van der Waals surface area contributed by atoms with Gasteiger partial charge in [0, 0.05) is 17.4 Å². The Bertz CT molecular complexity index is 1400. The van der Waals surface area contributed by atoms with Crippen molar-refractivity contribution in [3.63, 3.8) is 0 Å². The summed E-state index contributed by atoms with van der Waals surface area (Å²) in [6.45, 7) is 2.25. The number of allylic oxidation sites excluding steroid dienone is 1. The molecule has 148 valence electrons. The van der Waals surface area contributed by atoms with E-state index < -0.39 is 5.56 Å². The molecule has 0 saturated carbocycles. The number of ether oxygens (including phenoxy) is 1. The molecule has 2 aromatic heterocycles. The standard InChI is InChI=1S/C22H17N5O2S/c1-13-6-2-5-9-18(13)29-12-19-26-27-20(23)16(21(28)25-22(27)30-19)10-14-11-24-17-8-4-3-7-15(14)17/h2-11H,12,23H2,1H3/b14-10+. The number of nitrogen functional groups attached to an aromatic ring is 1. The molecule has 0 radical (unpaired) electrons. The number of fused-ring (bicyclic) bond motifs is 2. The van der Waals surface area contributed by atoms with Crippen LogP contribution in [0.5, 0.6) is 5.75 Å². The van der Waals surface area contributed by atoms with E-state index in [1.807, 2.05) is 55.5 Å². The van der Waals surface area contributed by atoms with Crippen molar-refractivity contribution in [3.05, 3.63) is 80.6 Å². The summed E-state index contributed by atoms with van der Waals surface area (Å²) in [5, 5.41) is 5.17. The number of benzene rings is 2. The van der Waals surface area contributed by atoms with Gasteiger partial charge in [-0.2, -0.15) is 14.6 Å². The number of hydrogen-bond acceptors (Lipinski definition) is 7. The second kappa shape index (κ2) is 7.23. The predicted molar refractivity (Wildman–Crippen MR) is 120 cm³/mol. The van der Waals surface area contributed by atoms with Crippen LogP contribution in [0.4, 0.5) is 11.5 Å². The second-order valence-corrected chi connectivity index (χ2v) is 7.88. The summed E-state index contributed by atoms with van der Waals surface area (Å²) in [6.07, 6.45) is 3.44. The summed E-state index contributed by atoms with van der Waals surface area (Å²) in [5.41, 5.74) is 9.87. The zero-order valence-corrected chi connectivity index (χ0v) is 16.9. The van der Waals surface area contributed by atoms with Crippen LogP contribution in [0.1, 0.15) is 21.7 Å². The molecule has 30 heavy (non-hydrogen) atoms. The fourth-order valence-corrected chi connectivity index (χ4v) is 4.09. The number of nitrogens with zero attached hydrogens (tertiary/aromatic N) is 4. The smallest absolute Gasteiger partial charge is 0.283 e. The monoisotopic (exact) mass is 415 g/mol. The summed E-state index contributed by atoms with van der Waals surface area (Å²) >= 11 is 1.28. The van der Waals surface area contributed by atoms with Crippen LogP contribution in [-0.4, -0.2) is 20.8 Å². The van der Waals surface area contributed by atoms with Gasteiger partial charge in [-0.15, -0.1) is 0 Å². The predicted octanol–water partition coefficient (Wildman–Crippen LogP) is 3.88. The molecule has 0 bridgehead atoms. The Morgan fingerprint density at radius 3 is 2.83 bits per heavy atom. The molecule has 0 amide bonds. The average molecular weight is 415 g/mol. The first-order valence-electron chi connectivity index (χ1n) is 9.32. The molecule has 1 aliphatic heterocycles. The molecule has 7 nitrogen and oxygen atoms in total. The Kier molecular flexibility index (Phi) is 4.40. The Labute approximate surface area is 175 Å². The number of hydrogen-bond donors (Lipinski definition) is 1. The van der Waals surface area contributed by atoms with Gasteiger partial charge in [-0.1, -0.05) is 47.7 Å². The first-order chi connectivity index (χ1) is 14.6. The summed E-state index contributed by atoms with van der Waals surface area (Å²) in [5.74, 6) is 1.03. The summed E-state index contributed by atoms with van der Waals surface area (Å²) in [6, 6.07) is 15.5. The van der Waals surface area contributed by atoms with Crippen molar-refractivity contribution >= 4 is 45.7 Å². The highest BCUT2D eigenvalue weighted by molar-refractivity contribution is 7.16. The highest BCUT2D eigenvalue weighted by Gasteiger charge is 2.17. The number of aryl methyl sites for hydroxylation is 1. The Morgan fingerprint density at radius 1 is 1.17 bits per heavy atom. The van der Waals surface area contributed by atoms with Crippen molar-refractivity contribution in [3.8, 4) is 5.75 Å². The van der Waals surface area contributed by atoms with E-state index in [0.717, 1.165) is 28.1 Å². The van der Waals surface area contributed by atoms with E-state index in [4.69, 9.17) is 10.5 Å². The third-order valence-electron chi connectivity index (χ3n) is 4.84. The van der Waals surface area contributed by atoms with Crippen molar-refractivity contribution in [1.82, 2.24) is 14.6 Å². The zero-order chi connectivity index (χ0) is 20.7. The van der Waals surface area contributed by atoms with Gasteiger partial charge in [-0.25, -0.2) is 0 Å². The largest absolute Gasteiger partial charge is 0.486 e. The van der Waals surface area contributed by atoms with E-state index in [2.05, 4.69) is 15.1 Å². The Balaban J connectivity index is 1.50. The SMILES string of the molecule is Cc1ccccc1OCc1nn2c(N)c(/C=C3\C=Nc4ccccc43)c(=O)nc2s1. The minimum Gasteiger partial charge on any atom is -0.486 e. The molecule has 8 heteroatoms. The number of aliphatic imine (C=N–C) groups is 1. The maximum atomic E-state index is 12.6. The molecule has 0 fully saturated rings. The van der Waals surface area contributed by atoms with Crippen LogP contribution in [-0.2, 0) is 6.61 Å². The number of aromatic nitrogens is 3. The number of anilines is 1. The number of rotatable bonds is 4. The van der Waals surface area contributed by atoms with Crippen LogP contribution < -0.4 is 16.0 Å². The average Bonchev–Trinajstić information content (AvgIpc) is 3.34. The molecule has 0 aliphatic carbocycles. The van der Waals surface area contributed by atoms with E-state index in [9.17, 15) is 4.79 Å². The van der Waals surface area contributed by atoms with Gasteiger partial charge < -0.3 is 10.5 Å². The van der Waals surface area contributed by atoms with Gasteiger partial charge in [0.1, 0.15) is 18.2 Å². The Morgan fingerprint density at radius 2 is 1.97 bits per heavy atom. The third-order valence-corrected chi connectivity index (χ3v) is 5.72. The van der Waals surface area contributed by atoms with E-state index in [-0.39, 0.29) is 12.4 Å². The first kappa shape index (κ1) is 18.3. The molecule has 3 heterocycles. The van der Waals surface area contributed by atoms with Crippen LogP contribution in [0, 0.1) is 6.92 Å². The lowest BCUT2D eigenvalue weighted by Crippen LogP contribution is -2.16. The topological polar surface area (TPSA) is 94.9 Å². The van der Waals surface area contributed by atoms with E-state index in [0.29, 0.717) is 15.5 Å². The fraction of sp³-hybridized carbons (Fsp3) is 0.0909. The molecular weight excluding hydrogens is 398 g/mol. The Hall–Kier alpha value is -3.78. The van der Waals surface area contributed by atoms with Gasteiger partial charge in [0.2, 0.25) is 4.96 Å². The lowest BCUT2D eigenvalue weighted by Gasteiger charge is -2.06. The maximum Gasteiger partial charge on any atom is 0.283 e. The number of nitrogens with two attached hydrogens (primary N) is 1. The van der Waals surface area contributed by atoms with Crippen molar-refractivity contribution in [1.29, 1.82) is 0 Å². The lowest BCUT2D eigenvalue weighted by atomic mass is 10.1. The highest BCUT2D eigenvalue weighted by Crippen LogP contribution is 2.32. The van der Waals surface area contributed by atoms with Gasteiger partial charge in [0.15, 0.2) is 5.01 Å². The van der Waals surface area contributed by atoms with E-state index in [1.54, 1.807) is 12.3 Å². The van der Waals surface area contributed by atoms with Crippen molar-refractivity contribution in [2.45, 2.75) is 13.5 Å². The van der Waals surface area contributed by atoms with Crippen LogP contribution >= 0.6 is 11.3 Å². The normalized spacial score (nSPS) is 13.8. The molecule has 0 saturated heterocycles. The lowest BCUT2D eigenvalue weighted by molar-refractivity contribution is 0.302. The van der Waals surface area contributed by atoms with Crippen LogP contribution in [0.15, 0.2) is 58.3 Å². The zero-order valence-electron chi connectivity index (χ0n) is 16.1. The van der Waals surface area contributed by atoms with Gasteiger partial charge in [-0.3, -0.25) is 9.79 Å². The van der Waals surface area contributed by atoms with Crippen LogP contribution in [0.3, 0.4) is 0 Å². The first-order valence-corrected chi connectivity index (χ1v) is 10.1. The van der Waals surface area contributed by atoms with Crippen LogP contribution in [0.2, 0.25) is 0 Å². The molecular formula is C22H17N5O2S. The van der Waals surface area contributed by atoms with Crippen LogP contribution in [0.25, 0.3) is 16.6 Å². The highest BCUT2D eigenvalue weighted by atomic mass is 32.1. The minimum atomic E-state index is -0.396. The van der Waals surface area contributed by atoms with Crippen molar-refractivity contribution in [2.75, 3.05) is 5.73 Å². The van der Waals surface area contributed by atoms with E-state index >= 15 is 0 Å². The van der Waals surface area contributed by atoms with Crippen molar-refractivity contribution < 1.29 is 4.74 Å². The summed E-state index contributed by atoms with van der Waals surface area (Å²) in [4.78, 5) is 21.6. The minimum absolute atomic E-state index is 0.244. The number of para-hydroxylation sites is 2. The molecule has 2 N–H and O–H groups in total. The molecule has 4 aromatic rings. The molecule has 2 aromatic carbocycles. The van der Waals surface area contributed by atoms with Gasteiger partial charge in [-0.05, 0) is 30.7 Å². The molecule has 0 unspecified atom stereocenters. The third kappa shape index (κ3) is 3.17.